The lowest BCUT2D eigenvalue weighted by molar-refractivity contribution is 0.0471. The van der Waals surface area contributed by atoms with Gasteiger partial charge in [0.1, 0.15) is 5.75 Å². The second-order valence-electron chi connectivity index (χ2n) is 6.26. The fourth-order valence-corrected chi connectivity index (χ4v) is 2.45. The normalized spacial score (nSPS) is 14.4. The van der Waals surface area contributed by atoms with E-state index in [1.807, 2.05) is 32.9 Å². The summed E-state index contributed by atoms with van der Waals surface area (Å²) in [6, 6.07) is 4.04. The highest BCUT2D eigenvalue weighted by Gasteiger charge is 2.25. The molecule has 3 nitrogen and oxygen atoms in total. The molecule has 1 aromatic carbocycles. The minimum Gasteiger partial charge on any atom is -0.496 e. The molecule has 0 aliphatic heterocycles. The van der Waals surface area contributed by atoms with E-state index < -0.39 is 5.60 Å². The zero-order valence-corrected chi connectivity index (χ0v) is 13.7. The molecule has 3 heteroatoms. The highest BCUT2D eigenvalue weighted by Crippen LogP contribution is 2.31. The number of nitrogens with one attached hydrogen (secondary N) is 1. The van der Waals surface area contributed by atoms with Gasteiger partial charge in [0.05, 0.1) is 12.7 Å². The van der Waals surface area contributed by atoms with Crippen LogP contribution in [0.3, 0.4) is 0 Å². The van der Waals surface area contributed by atoms with E-state index in [-0.39, 0.29) is 0 Å². The molecule has 114 valence electrons. The third kappa shape index (κ3) is 4.50. The van der Waals surface area contributed by atoms with Crippen molar-refractivity contribution in [3.8, 4) is 5.75 Å². The molecule has 0 spiro atoms. The Morgan fingerprint density at radius 2 is 1.90 bits per heavy atom. The molecule has 1 atom stereocenters. The minimum absolute atomic E-state index is 0.630. The number of aryl methyl sites for hydroxylation is 2. The van der Waals surface area contributed by atoms with E-state index >= 15 is 0 Å². The van der Waals surface area contributed by atoms with Gasteiger partial charge in [-0.1, -0.05) is 13.8 Å². The Morgan fingerprint density at radius 1 is 1.25 bits per heavy atom. The first kappa shape index (κ1) is 17.0. The first-order valence-corrected chi connectivity index (χ1v) is 7.36. The first-order valence-electron chi connectivity index (χ1n) is 7.36. The molecule has 0 saturated heterocycles. The van der Waals surface area contributed by atoms with E-state index in [4.69, 9.17) is 4.74 Å². The van der Waals surface area contributed by atoms with Gasteiger partial charge in [-0.3, -0.25) is 0 Å². The van der Waals surface area contributed by atoms with Crippen LogP contribution in [0, 0.1) is 19.8 Å². The van der Waals surface area contributed by atoms with Gasteiger partial charge in [0.15, 0.2) is 0 Å². The Hall–Kier alpha value is -1.06. The highest BCUT2D eigenvalue weighted by molar-refractivity contribution is 5.43. The fourth-order valence-electron chi connectivity index (χ4n) is 2.45. The maximum Gasteiger partial charge on any atom is 0.122 e. The van der Waals surface area contributed by atoms with Crippen molar-refractivity contribution < 1.29 is 9.84 Å². The van der Waals surface area contributed by atoms with Gasteiger partial charge < -0.3 is 15.2 Å². The Kier molecular flexibility index (Phi) is 6.03. The van der Waals surface area contributed by atoms with Crippen molar-refractivity contribution in [3.63, 3.8) is 0 Å². The summed E-state index contributed by atoms with van der Waals surface area (Å²) in [6.45, 7) is 12.1. The number of hydrogen-bond acceptors (Lipinski definition) is 3. The molecule has 0 radical (unpaired) electrons. The van der Waals surface area contributed by atoms with Gasteiger partial charge in [0.25, 0.3) is 0 Å². The van der Waals surface area contributed by atoms with Crippen LogP contribution in [0.15, 0.2) is 12.1 Å². The summed E-state index contributed by atoms with van der Waals surface area (Å²) in [4.78, 5) is 0. The summed E-state index contributed by atoms with van der Waals surface area (Å²) < 4.78 is 5.32. The lowest BCUT2D eigenvalue weighted by atomic mass is 9.87. The van der Waals surface area contributed by atoms with Crippen molar-refractivity contribution in [2.45, 2.75) is 46.6 Å². The number of ether oxygens (including phenoxy) is 1. The van der Waals surface area contributed by atoms with Crippen LogP contribution in [0.25, 0.3) is 0 Å². The van der Waals surface area contributed by atoms with E-state index in [2.05, 4.69) is 19.2 Å². The Morgan fingerprint density at radius 3 is 2.45 bits per heavy atom. The average molecular weight is 279 g/mol. The van der Waals surface area contributed by atoms with Crippen LogP contribution < -0.4 is 10.1 Å². The number of methoxy groups -OCH3 is 1. The number of hydrogen-bond donors (Lipinski definition) is 2. The summed E-state index contributed by atoms with van der Waals surface area (Å²) in [7, 11) is 1.68. The monoisotopic (exact) mass is 279 g/mol. The van der Waals surface area contributed by atoms with Gasteiger partial charge >= 0.3 is 0 Å². The zero-order chi connectivity index (χ0) is 15.3. The smallest absolute Gasteiger partial charge is 0.122 e. The molecule has 1 aromatic rings. The molecular formula is C17H29NO2. The van der Waals surface area contributed by atoms with Crippen LogP contribution in [-0.2, 0) is 5.60 Å². The summed E-state index contributed by atoms with van der Waals surface area (Å²) in [6.07, 6.45) is 0.701. The highest BCUT2D eigenvalue weighted by atomic mass is 16.5. The van der Waals surface area contributed by atoms with E-state index in [1.165, 1.54) is 0 Å². The summed E-state index contributed by atoms with van der Waals surface area (Å²) in [5, 5.41) is 14.1. The van der Waals surface area contributed by atoms with Crippen molar-refractivity contribution in [2.75, 3.05) is 20.2 Å². The van der Waals surface area contributed by atoms with Crippen molar-refractivity contribution in [1.29, 1.82) is 0 Å². The van der Waals surface area contributed by atoms with E-state index in [0.29, 0.717) is 12.3 Å². The largest absolute Gasteiger partial charge is 0.496 e. The van der Waals surface area contributed by atoms with Gasteiger partial charge in [0.2, 0.25) is 0 Å². The lowest BCUT2D eigenvalue weighted by Gasteiger charge is -2.27. The van der Waals surface area contributed by atoms with Gasteiger partial charge in [-0.2, -0.15) is 0 Å². The third-order valence-electron chi connectivity index (χ3n) is 3.66. The van der Waals surface area contributed by atoms with Crippen molar-refractivity contribution in [2.24, 2.45) is 5.92 Å². The molecule has 0 fully saturated rings. The molecular weight excluding hydrogens is 250 g/mol. The molecule has 0 amide bonds. The summed E-state index contributed by atoms with van der Waals surface area (Å²) >= 11 is 0. The van der Waals surface area contributed by atoms with E-state index in [1.54, 1.807) is 7.11 Å². The number of aliphatic hydroxyl groups is 1. The fraction of sp³-hybridized carbons (Fsp3) is 0.647. The van der Waals surface area contributed by atoms with Crippen LogP contribution in [0.1, 0.15) is 43.9 Å². The van der Waals surface area contributed by atoms with E-state index in [9.17, 15) is 5.11 Å². The molecule has 20 heavy (non-hydrogen) atoms. The van der Waals surface area contributed by atoms with Crippen LogP contribution in [0.2, 0.25) is 0 Å². The van der Waals surface area contributed by atoms with Gasteiger partial charge in [0, 0.05) is 0 Å². The lowest BCUT2D eigenvalue weighted by Crippen LogP contribution is -2.30. The quantitative estimate of drug-likeness (QED) is 0.753. The molecule has 0 aliphatic carbocycles. The SMILES string of the molecule is COc1cc(C)c(C(C)(O)CCNCC(C)C)cc1C. The second kappa shape index (κ2) is 7.09. The predicted molar refractivity (Wildman–Crippen MR) is 84.4 cm³/mol. The van der Waals surface area contributed by atoms with Gasteiger partial charge in [-0.25, -0.2) is 0 Å². The van der Waals surface area contributed by atoms with Crippen molar-refractivity contribution in [3.05, 3.63) is 28.8 Å². The maximum atomic E-state index is 10.7. The molecule has 0 saturated carbocycles. The minimum atomic E-state index is -0.814. The average Bonchev–Trinajstić information content (AvgIpc) is 2.36. The molecule has 2 N–H and O–H groups in total. The van der Waals surface area contributed by atoms with Crippen LogP contribution in [0.5, 0.6) is 5.75 Å². The maximum absolute atomic E-state index is 10.7. The zero-order valence-electron chi connectivity index (χ0n) is 13.7. The summed E-state index contributed by atoms with van der Waals surface area (Å²) in [5.41, 5.74) is 2.30. The predicted octanol–water partition coefficient (Wildman–Crippen LogP) is 3.16. The summed E-state index contributed by atoms with van der Waals surface area (Å²) in [5.74, 6) is 1.50. The molecule has 0 aliphatic rings. The number of rotatable bonds is 7. The van der Waals surface area contributed by atoms with Gasteiger partial charge in [-0.05, 0) is 75.0 Å². The molecule has 1 rings (SSSR count). The standard InChI is InChI=1S/C17H29NO2/c1-12(2)11-18-8-7-17(5,19)15-9-14(4)16(20-6)10-13(15)3/h9-10,12,18-19H,7-8,11H2,1-6H3. The Balaban J connectivity index is 2.79. The molecule has 1 unspecified atom stereocenters. The van der Waals surface area contributed by atoms with Crippen molar-refractivity contribution >= 4 is 0 Å². The van der Waals surface area contributed by atoms with Gasteiger partial charge in [-0.15, -0.1) is 0 Å². The van der Waals surface area contributed by atoms with Crippen LogP contribution >= 0.6 is 0 Å². The Bertz CT molecular complexity index is 439. The Labute approximate surface area is 123 Å². The van der Waals surface area contributed by atoms with E-state index in [0.717, 1.165) is 35.5 Å². The van der Waals surface area contributed by atoms with Crippen LogP contribution in [0.4, 0.5) is 0 Å². The topological polar surface area (TPSA) is 41.5 Å². The molecule has 0 heterocycles. The van der Waals surface area contributed by atoms with Crippen molar-refractivity contribution in [1.82, 2.24) is 5.32 Å². The third-order valence-corrected chi connectivity index (χ3v) is 3.66. The molecule has 0 aromatic heterocycles. The number of benzene rings is 1. The van der Waals surface area contributed by atoms with Crippen LogP contribution in [-0.4, -0.2) is 25.3 Å². The second-order valence-corrected chi connectivity index (χ2v) is 6.26. The molecule has 0 bridgehead atoms. The first-order chi connectivity index (χ1) is 9.27.